The summed E-state index contributed by atoms with van der Waals surface area (Å²) in [6.45, 7) is 3.80. The molecule has 1 aromatic carbocycles. The maximum Gasteiger partial charge on any atom is 0.353 e. The quantitative estimate of drug-likeness (QED) is 0.512. The number of carboxylic acid groups (broad SMARTS) is 1. The first-order valence-electron chi connectivity index (χ1n) is 7.85. The fourth-order valence-corrected chi connectivity index (χ4v) is 3.55. The Labute approximate surface area is 156 Å². The highest BCUT2D eigenvalue weighted by Crippen LogP contribution is 2.38. The Morgan fingerprint density at radius 1 is 1.40 bits per heavy atom. The predicted octanol–water partition coefficient (Wildman–Crippen LogP) is 4.96. The second-order valence-corrected chi connectivity index (χ2v) is 7.26. The fourth-order valence-electron chi connectivity index (χ4n) is 2.67. The SMILES string of the molecule is CNc1c(C(=N)C(C)C)[nH]c(C(=O)O)c1-c1ccc(CSC)c(Cl)c1. The number of carbonyl (C=O) groups is 1. The number of aromatic amines is 1. The molecule has 0 atom stereocenters. The Balaban J connectivity index is 2.69. The molecule has 1 heterocycles. The standard InChI is InChI=1S/C18H22ClN3O2S/c1-9(2)14(20)17-15(21-3)13(16(22-17)18(23)24)10-5-6-11(8-25-4)12(19)7-10/h5-7,9,20-22H,8H2,1-4H3,(H,23,24). The largest absolute Gasteiger partial charge is 0.477 e. The number of hydrogen-bond donors (Lipinski definition) is 4. The third kappa shape index (κ3) is 3.85. The average Bonchev–Trinajstić information content (AvgIpc) is 2.95. The highest BCUT2D eigenvalue weighted by Gasteiger charge is 2.25. The van der Waals surface area contributed by atoms with Gasteiger partial charge in [0.1, 0.15) is 5.69 Å². The van der Waals surface area contributed by atoms with Crippen LogP contribution in [0.3, 0.4) is 0 Å². The lowest BCUT2D eigenvalue weighted by atomic mass is 9.99. The predicted molar refractivity (Wildman–Crippen MR) is 107 cm³/mol. The van der Waals surface area contributed by atoms with E-state index >= 15 is 0 Å². The number of aromatic nitrogens is 1. The van der Waals surface area contributed by atoms with Gasteiger partial charge in [0.05, 0.1) is 17.1 Å². The lowest BCUT2D eigenvalue weighted by molar-refractivity contribution is 0.0692. The van der Waals surface area contributed by atoms with Crippen LogP contribution < -0.4 is 5.32 Å². The summed E-state index contributed by atoms with van der Waals surface area (Å²) in [5.41, 5.74) is 3.73. The Bertz CT molecular complexity index is 815. The minimum absolute atomic E-state index is 0.0345. The number of benzene rings is 1. The Kier molecular flexibility index (Phi) is 6.19. The molecule has 0 radical (unpaired) electrons. The molecule has 0 aliphatic heterocycles. The summed E-state index contributed by atoms with van der Waals surface area (Å²) in [5, 5.41) is 21.6. The Hall–Kier alpha value is -1.92. The molecule has 5 nitrogen and oxygen atoms in total. The third-order valence-electron chi connectivity index (χ3n) is 3.95. The second kappa shape index (κ2) is 7.97. The van der Waals surface area contributed by atoms with Gasteiger partial charge in [-0.15, -0.1) is 0 Å². The zero-order valence-electron chi connectivity index (χ0n) is 14.7. The molecule has 0 aliphatic carbocycles. The molecule has 2 aromatic rings. The van der Waals surface area contributed by atoms with Gasteiger partial charge in [0.25, 0.3) is 0 Å². The molecule has 134 valence electrons. The molecule has 0 amide bonds. The number of nitrogens with one attached hydrogen (secondary N) is 3. The van der Waals surface area contributed by atoms with Crippen LogP contribution in [0, 0.1) is 11.3 Å². The summed E-state index contributed by atoms with van der Waals surface area (Å²) in [7, 11) is 1.72. The summed E-state index contributed by atoms with van der Waals surface area (Å²) in [6.07, 6.45) is 2.00. The highest BCUT2D eigenvalue weighted by molar-refractivity contribution is 7.97. The van der Waals surface area contributed by atoms with Crippen LogP contribution in [0.2, 0.25) is 5.02 Å². The Morgan fingerprint density at radius 3 is 2.56 bits per heavy atom. The molecule has 4 N–H and O–H groups in total. The summed E-state index contributed by atoms with van der Waals surface area (Å²) in [6, 6.07) is 5.57. The fraction of sp³-hybridized carbons (Fsp3) is 0.333. The van der Waals surface area contributed by atoms with E-state index in [1.54, 1.807) is 24.9 Å². The molecule has 0 saturated carbocycles. The van der Waals surface area contributed by atoms with Crippen LogP contribution in [0.15, 0.2) is 18.2 Å². The summed E-state index contributed by atoms with van der Waals surface area (Å²) < 4.78 is 0. The van der Waals surface area contributed by atoms with Gasteiger partial charge in [0, 0.05) is 23.4 Å². The van der Waals surface area contributed by atoms with E-state index in [4.69, 9.17) is 17.0 Å². The summed E-state index contributed by atoms with van der Waals surface area (Å²) in [5.74, 6) is -0.313. The van der Waals surface area contributed by atoms with E-state index in [1.165, 1.54) is 0 Å². The van der Waals surface area contributed by atoms with Crippen LogP contribution >= 0.6 is 23.4 Å². The average molecular weight is 380 g/mol. The van der Waals surface area contributed by atoms with Crippen molar-refractivity contribution in [2.45, 2.75) is 19.6 Å². The molecule has 7 heteroatoms. The van der Waals surface area contributed by atoms with Gasteiger partial charge in [0.15, 0.2) is 0 Å². The maximum atomic E-state index is 11.8. The van der Waals surface area contributed by atoms with Crippen molar-refractivity contribution in [3.05, 3.63) is 40.2 Å². The van der Waals surface area contributed by atoms with Crippen LogP contribution in [0.1, 0.15) is 35.6 Å². The zero-order valence-corrected chi connectivity index (χ0v) is 16.2. The first-order chi connectivity index (χ1) is 11.8. The monoisotopic (exact) mass is 379 g/mol. The van der Waals surface area contributed by atoms with Crippen molar-refractivity contribution in [3.8, 4) is 11.1 Å². The van der Waals surface area contributed by atoms with Gasteiger partial charge in [-0.25, -0.2) is 4.79 Å². The molecule has 1 aromatic heterocycles. The minimum Gasteiger partial charge on any atom is -0.477 e. The van der Waals surface area contributed by atoms with Gasteiger partial charge in [-0.05, 0) is 29.4 Å². The minimum atomic E-state index is -1.07. The normalized spacial score (nSPS) is 11.0. The van der Waals surface area contributed by atoms with Gasteiger partial charge in [0.2, 0.25) is 0 Å². The van der Waals surface area contributed by atoms with E-state index in [-0.39, 0.29) is 11.6 Å². The van der Waals surface area contributed by atoms with Crippen LogP contribution in [-0.4, -0.2) is 35.1 Å². The van der Waals surface area contributed by atoms with Crippen molar-refractivity contribution in [2.24, 2.45) is 5.92 Å². The first-order valence-corrected chi connectivity index (χ1v) is 9.62. The molecule has 0 unspecified atom stereocenters. The molecule has 0 spiro atoms. The van der Waals surface area contributed by atoms with E-state index < -0.39 is 5.97 Å². The number of halogens is 1. The number of aromatic carboxylic acids is 1. The van der Waals surface area contributed by atoms with E-state index in [0.29, 0.717) is 33.2 Å². The van der Waals surface area contributed by atoms with Crippen molar-refractivity contribution in [2.75, 3.05) is 18.6 Å². The van der Waals surface area contributed by atoms with Crippen molar-refractivity contribution < 1.29 is 9.90 Å². The third-order valence-corrected chi connectivity index (χ3v) is 4.90. The smallest absolute Gasteiger partial charge is 0.353 e. The van der Waals surface area contributed by atoms with E-state index in [1.807, 2.05) is 32.2 Å². The molecule has 0 bridgehead atoms. The second-order valence-electron chi connectivity index (χ2n) is 5.99. The molecule has 2 rings (SSSR count). The van der Waals surface area contributed by atoms with E-state index in [2.05, 4.69) is 10.3 Å². The number of H-pyrrole nitrogens is 1. The van der Waals surface area contributed by atoms with Gasteiger partial charge in [-0.3, -0.25) is 0 Å². The van der Waals surface area contributed by atoms with Crippen molar-refractivity contribution in [3.63, 3.8) is 0 Å². The van der Waals surface area contributed by atoms with Gasteiger partial charge in [-0.2, -0.15) is 11.8 Å². The highest BCUT2D eigenvalue weighted by atomic mass is 35.5. The number of thioether (sulfide) groups is 1. The van der Waals surface area contributed by atoms with Crippen molar-refractivity contribution in [1.82, 2.24) is 4.98 Å². The molecule has 25 heavy (non-hydrogen) atoms. The van der Waals surface area contributed by atoms with Crippen LogP contribution in [0.5, 0.6) is 0 Å². The van der Waals surface area contributed by atoms with E-state index in [9.17, 15) is 9.90 Å². The number of hydrogen-bond acceptors (Lipinski definition) is 4. The lowest BCUT2D eigenvalue weighted by Crippen LogP contribution is -2.10. The van der Waals surface area contributed by atoms with Gasteiger partial charge >= 0.3 is 5.97 Å². The van der Waals surface area contributed by atoms with Gasteiger partial charge in [-0.1, -0.05) is 37.6 Å². The molecular formula is C18H22ClN3O2S. The maximum absolute atomic E-state index is 11.8. The first kappa shape index (κ1) is 19.4. The molecule has 0 aliphatic rings. The number of anilines is 1. The Morgan fingerprint density at radius 2 is 2.08 bits per heavy atom. The summed E-state index contributed by atoms with van der Waals surface area (Å²) >= 11 is 8.04. The lowest BCUT2D eigenvalue weighted by Gasteiger charge is -2.11. The number of carboxylic acids is 1. The van der Waals surface area contributed by atoms with Crippen molar-refractivity contribution in [1.29, 1.82) is 5.41 Å². The molecule has 0 saturated heterocycles. The van der Waals surface area contributed by atoms with Gasteiger partial charge < -0.3 is 20.8 Å². The summed E-state index contributed by atoms with van der Waals surface area (Å²) in [4.78, 5) is 14.7. The van der Waals surface area contributed by atoms with Crippen molar-refractivity contribution >= 4 is 40.7 Å². The molecular weight excluding hydrogens is 358 g/mol. The van der Waals surface area contributed by atoms with Crippen LogP contribution in [0.4, 0.5) is 5.69 Å². The zero-order chi connectivity index (χ0) is 18.7. The number of rotatable bonds is 7. The van der Waals surface area contributed by atoms with E-state index in [0.717, 1.165) is 11.3 Å². The topological polar surface area (TPSA) is 89.0 Å². The molecule has 0 fully saturated rings. The van der Waals surface area contributed by atoms with Crippen LogP contribution in [-0.2, 0) is 5.75 Å². The van der Waals surface area contributed by atoms with Crippen LogP contribution in [0.25, 0.3) is 11.1 Å².